The summed E-state index contributed by atoms with van der Waals surface area (Å²) < 4.78 is 0. The van der Waals surface area contributed by atoms with E-state index < -0.39 is 9.21 Å². The molecule has 56 valence electrons. The Morgan fingerprint density at radius 2 is 1.89 bits per heavy atom. The number of hydrogen-bond acceptors (Lipinski definition) is 1. The molecule has 0 bridgehead atoms. The van der Waals surface area contributed by atoms with E-state index in [1.807, 2.05) is 0 Å². The third-order valence-electron chi connectivity index (χ3n) is 1.05. The van der Waals surface area contributed by atoms with Crippen molar-refractivity contribution in [1.29, 1.82) is 0 Å². The maximum atomic E-state index is 8.43. The van der Waals surface area contributed by atoms with Gasteiger partial charge in [0.05, 0.1) is 0 Å². The summed E-state index contributed by atoms with van der Waals surface area (Å²) in [6.45, 7) is 0.301. The Kier molecular flexibility index (Phi) is 3.98. The zero-order chi connectivity index (χ0) is 7.33. The molecule has 0 aromatic carbocycles. The van der Waals surface area contributed by atoms with Crippen molar-refractivity contribution in [2.24, 2.45) is 0 Å². The molecule has 0 aliphatic heterocycles. The Morgan fingerprint density at radius 3 is 2.22 bits per heavy atom. The van der Waals surface area contributed by atoms with Gasteiger partial charge in [0.2, 0.25) is 0 Å². The predicted molar refractivity (Wildman–Crippen MR) is 48.9 cm³/mol. The predicted octanol–water partition coefficient (Wildman–Crippen LogP) is 1.06. The number of hydrogen-bond donors (Lipinski definition) is 1. The first kappa shape index (κ1) is 9.05. The van der Waals surface area contributed by atoms with Crippen molar-refractivity contribution in [3.8, 4) is 0 Å². The lowest BCUT2D eigenvalue weighted by Gasteiger charge is -2.04. The SMILES string of the molecule is C=S(=C)(C)CCCCO. The fourth-order valence-electron chi connectivity index (χ4n) is 0.562. The largest absolute Gasteiger partial charge is 0.396 e. The van der Waals surface area contributed by atoms with Gasteiger partial charge in [-0.15, -0.1) is 0 Å². The Hall–Kier alpha value is 0.0500. The molecule has 0 amide bonds. The molecule has 0 atom stereocenters. The van der Waals surface area contributed by atoms with Crippen molar-refractivity contribution in [2.45, 2.75) is 12.8 Å². The highest BCUT2D eigenvalue weighted by Gasteiger charge is 1.88. The van der Waals surface area contributed by atoms with Crippen LogP contribution in [0, 0.1) is 0 Å². The average Bonchev–Trinajstić information content (AvgIpc) is 1.63. The van der Waals surface area contributed by atoms with Gasteiger partial charge in [-0.25, -0.2) is 9.21 Å². The fraction of sp³-hybridized carbons (Fsp3) is 0.714. The van der Waals surface area contributed by atoms with Gasteiger partial charge < -0.3 is 5.11 Å². The van der Waals surface area contributed by atoms with E-state index in [1.165, 1.54) is 0 Å². The first-order chi connectivity index (χ1) is 4.06. The highest BCUT2D eigenvalue weighted by atomic mass is 32.2. The van der Waals surface area contributed by atoms with Gasteiger partial charge in [-0.2, -0.15) is 0 Å². The summed E-state index contributed by atoms with van der Waals surface area (Å²) in [5.41, 5.74) is 0. The third kappa shape index (κ3) is 8.05. The first-order valence-corrected chi connectivity index (χ1v) is 5.64. The van der Waals surface area contributed by atoms with Crippen LogP contribution in [0.2, 0.25) is 0 Å². The molecule has 0 fully saturated rings. The summed E-state index contributed by atoms with van der Waals surface area (Å²) >= 11 is 0. The van der Waals surface area contributed by atoms with Crippen LogP contribution in [0.3, 0.4) is 0 Å². The van der Waals surface area contributed by atoms with Gasteiger partial charge in [0.15, 0.2) is 0 Å². The molecule has 2 heteroatoms. The molecule has 0 rings (SSSR count). The van der Waals surface area contributed by atoms with Crippen LogP contribution in [-0.4, -0.2) is 35.5 Å². The maximum Gasteiger partial charge on any atom is 0.0431 e. The van der Waals surface area contributed by atoms with Crippen LogP contribution in [0.4, 0.5) is 0 Å². The van der Waals surface area contributed by atoms with Crippen LogP contribution in [0.1, 0.15) is 12.8 Å². The van der Waals surface area contributed by atoms with E-state index in [9.17, 15) is 0 Å². The molecule has 0 radical (unpaired) electrons. The Balaban J connectivity index is 3.30. The summed E-state index contributed by atoms with van der Waals surface area (Å²) in [4.78, 5) is 0. The highest BCUT2D eigenvalue weighted by molar-refractivity contribution is 8.27. The van der Waals surface area contributed by atoms with Crippen LogP contribution in [0.15, 0.2) is 0 Å². The van der Waals surface area contributed by atoms with Gasteiger partial charge in [0, 0.05) is 6.61 Å². The number of unbranched alkanes of at least 4 members (excludes halogenated alkanes) is 1. The average molecular weight is 148 g/mol. The summed E-state index contributed by atoms with van der Waals surface area (Å²) in [5, 5.41) is 8.43. The Labute approximate surface area is 58.2 Å². The van der Waals surface area contributed by atoms with Crippen molar-refractivity contribution < 1.29 is 5.11 Å². The van der Waals surface area contributed by atoms with E-state index in [4.69, 9.17) is 5.11 Å². The smallest absolute Gasteiger partial charge is 0.0431 e. The minimum absolute atomic E-state index is 0.301. The van der Waals surface area contributed by atoms with Crippen molar-refractivity contribution in [2.75, 3.05) is 18.6 Å². The Morgan fingerprint density at radius 1 is 1.33 bits per heavy atom. The second kappa shape index (κ2) is 3.96. The minimum Gasteiger partial charge on any atom is -0.396 e. The molecule has 0 aromatic rings. The summed E-state index contributed by atoms with van der Waals surface area (Å²) in [7, 11) is -0.807. The van der Waals surface area contributed by atoms with Gasteiger partial charge in [0.25, 0.3) is 0 Å². The zero-order valence-corrected chi connectivity index (χ0v) is 6.91. The molecule has 0 aliphatic carbocycles. The lowest BCUT2D eigenvalue weighted by molar-refractivity contribution is 0.287. The third-order valence-corrected chi connectivity index (χ3v) is 2.32. The molecule has 0 aromatic heterocycles. The second-order valence-electron chi connectivity index (χ2n) is 2.61. The van der Waals surface area contributed by atoms with Crippen molar-refractivity contribution in [3.63, 3.8) is 0 Å². The fourth-order valence-corrected chi connectivity index (χ4v) is 1.46. The topological polar surface area (TPSA) is 20.2 Å². The van der Waals surface area contributed by atoms with Gasteiger partial charge in [-0.1, -0.05) is 11.7 Å². The van der Waals surface area contributed by atoms with Gasteiger partial charge in [-0.05, 0) is 24.9 Å². The second-order valence-corrected chi connectivity index (χ2v) is 5.98. The van der Waals surface area contributed by atoms with Gasteiger partial charge in [0.1, 0.15) is 0 Å². The molecular weight excluding hydrogens is 132 g/mol. The van der Waals surface area contributed by atoms with E-state index >= 15 is 0 Å². The molecule has 0 heterocycles. The molecule has 0 saturated carbocycles. The molecule has 0 unspecified atom stereocenters. The maximum absolute atomic E-state index is 8.43. The summed E-state index contributed by atoms with van der Waals surface area (Å²) in [5.74, 6) is 8.94. The lowest BCUT2D eigenvalue weighted by Crippen LogP contribution is -1.88. The van der Waals surface area contributed by atoms with E-state index in [1.54, 1.807) is 0 Å². The normalized spacial score (nSPS) is 11.8. The van der Waals surface area contributed by atoms with E-state index in [-0.39, 0.29) is 0 Å². The molecule has 0 spiro atoms. The van der Waals surface area contributed by atoms with Gasteiger partial charge >= 0.3 is 0 Å². The lowest BCUT2D eigenvalue weighted by atomic mass is 10.4. The molecule has 0 aliphatic rings. The molecule has 1 nitrogen and oxygen atoms in total. The van der Waals surface area contributed by atoms with E-state index in [0.29, 0.717) is 6.61 Å². The molecule has 0 saturated heterocycles. The Bertz CT molecular complexity index is 144. The van der Waals surface area contributed by atoms with Crippen LogP contribution >= 0.6 is 9.21 Å². The minimum atomic E-state index is -0.807. The van der Waals surface area contributed by atoms with Crippen molar-refractivity contribution in [1.82, 2.24) is 0 Å². The quantitative estimate of drug-likeness (QED) is 0.467. The number of rotatable bonds is 4. The monoisotopic (exact) mass is 148 g/mol. The standard InChI is InChI=1S/C7H16OS/c1-9(2,3)7-5-4-6-8/h8H,1-2,4-7H2,3H3. The highest BCUT2D eigenvalue weighted by Crippen LogP contribution is 2.13. The molecule has 9 heavy (non-hydrogen) atoms. The van der Waals surface area contributed by atoms with Crippen LogP contribution in [-0.2, 0) is 0 Å². The first-order valence-electron chi connectivity index (χ1n) is 3.09. The number of aliphatic hydroxyl groups is 1. The van der Waals surface area contributed by atoms with E-state index in [2.05, 4.69) is 18.0 Å². The zero-order valence-electron chi connectivity index (χ0n) is 6.10. The van der Waals surface area contributed by atoms with E-state index in [0.717, 1.165) is 18.6 Å². The number of aliphatic hydroxyl groups excluding tert-OH is 1. The van der Waals surface area contributed by atoms with Crippen LogP contribution in [0.25, 0.3) is 0 Å². The summed E-state index contributed by atoms with van der Waals surface area (Å²) in [6.07, 6.45) is 4.05. The van der Waals surface area contributed by atoms with Crippen molar-refractivity contribution >= 4 is 20.9 Å². The van der Waals surface area contributed by atoms with Crippen LogP contribution < -0.4 is 0 Å². The van der Waals surface area contributed by atoms with Gasteiger partial charge in [-0.3, -0.25) is 0 Å². The molecule has 1 N–H and O–H groups in total. The van der Waals surface area contributed by atoms with Crippen molar-refractivity contribution in [3.05, 3.63) is 0 Å². The van der Waals surface area contributed by atoms with Crippen LogP contribution in [0.5, 0.6) is 0 Å². The summed E-state index contributed by atoms with van der Waals surface area (Å²) in [6, 6.07) is 0. The molecular formula is C7H16OS.